The first-order valence-electron chi connectivity index (χ1n) is 11.2. The quantitative estimate of drug-likeness (QED) is 0.412. The van der Waals surface area contributed by atoms with E-state index in [1.54, 1.807) is 19.0 Å². The zero-order valence-electron chi connectivity index (χ0n) is 20.7. The minimum absolute atomic E-state index is 0.199. The number of benzene rings is 1. The zero-order chi connectivity index (χ0) is 25.7. The number of nitrogens with one attached hydrogen (secondary N) is 1. The number of para-hydroxylation sites is 1. The lowest BCUT2D eigenvalue weighted by atomic mass is 9.91. The van der Waals surface area contributed by atoms with Crippen molar-refractivity contribution in [3.63, 3.8) is 0 Å². The van der Waals surface area contributed by atoms with Gasteiger partial charge in [0.15, 0.2) is 12.3 Å². The Morgan fingerprint density at radius 2 is 1.71 bits per heavy atom. The summed E-state index contributed by atoms with van der Waals surface area (Å²) in [7, 11) is 3.42. The normalized spacial score (nSPS) is 26.1. The second-order valence-corrected chi connectivity index (χ2v) is 8.38. The Bertz CT molecular complexity index is 971. The van der Waals surface area contributed by atoms with Gasteiger partial charge in [0, 0.05) is 45.7 Å². The van der Waals surface area contributed by atoms with E-state index in [1.165, 1.54) is 25.9 Å². The molecule has 2 heterocycles. The third-order valence-electron chi connectivity index (χ3n) is 5.67. The molecule has 0 aliphatic carbocycles. The standard InChI is InChI=1S/C23H32N4O8/c1-13-21(33-15(3)29)22(34-16(4)30)19(12-32-14(2)28)35-23(13)27-24-20(26(5)25-27)11-17-9-7-8-10-18(17)31-6/h7-10,13,19,21-23,25H,11-12H2,1-6H3. The van der Waals surface area contributed by atoms with Crippen molar-refractivity contribution in [3.05, 3.63) is 29.8 Å². The smallest absolute Gasteiger partial charge is 0.303 e. The second kappa shape index (κ2) is 11.4. The number of hydrazone groups is 1. The van der Waals surface area contributed by atoms with Crippen molar-refractivity contribution in [2.45, 2.75) is 58.7 Å². The highest BCUT2D eigenvalue weighted by molar-refractivity contribution is 5.85. The number of rotatable bonds is 8. The van der Waals surface area contributed by atoms with Crippen LogP contribution in [-0.4, -0.2) is 79.2 Å². The Kier molecular flexibility index (Phi) is 8.52. The fraction of sp³-hybridized carbons (Fsp3) is 0.565. The molecule has 12 nitrogen and oxygen atoms in total. The van der Waals surface area contributed by atoms with Gasteiger partial charge in [-0.05, 0) is 6.07 Å². The molecule has 1 N–H and O–H groups in total. The van der Waals surface area contributed by atoms with E-state index < -0.39 is 48.4 Å². The Labute approximate surface area is 204 Å². The number of likely N-dealkylation sites (N-methyl/N-ethyl adjacent to an activating group) is 1. The summed E-state index contributed by atoms with van der Waals surface area (Å²) in [5.41, 5.74) is 4.06. The van der Waals surface area contributed by atoms with E-state index in [4.69, 9.17) is 23.7 Å². The lowest BCUT2D eigenvalue weighted by molar-refractivity contribution is -0.265. The van der Waals surface area contributed by atoms with E-state index in [9.17, 15) is 14.4 Å². The molecular weight excluding hydrogens is 460 g/mol. The number of methoxy groups -OCH3 is 1. The summed E-state index contributed by atoms with van der Waals surface area (Å²) in [4.78, 5) is 35.1. The number of carbonyl (C=O) groups is 3. The second-order valence-electron chi connectivity index (χ2n) is 8.38. The van der Waals surface area contributed by atoms with Crippen LogP contribution in [-0.2, 0) is 39.8 Å². The van der Waals surface area contributed by atoms with Crippen molar-refractivity contribution >= 4 is 23.7 Å². The van der Waals surface area contributed by atoms with Crippen molar-refractivity contribution in [2.75, 3.05) is 20.8 Å². The van der Waals surface area contributed by atoms with Gasteiger partial charge in [-0.25, -0.2) is 0 Å². The highest BCUT2D eigenvalue weighted by atomic mass is 16.6. The minimum Gasteiger partial charge on any atom is -0.496 e. The van der Waals surface area contributed by atoms with E-state index in [0.29, 0.717) is 12.3 Å². The van der Waals surface area contributed by atoms with Crippen molar-refractivity contribution in [2.24, 2.45) is 11.0 Å². The molecule has 1 aromatic rings. The molecule has 2 aliphatic rings. The summed E-state index contributed by atoms with van der Waals surface area (Å²) in [6.07, 6.45) is -3.00. The van der Waals surface area contributed by atoms with Crippen LogP contribution in [0.3, 0.4) is 0 Å². The number of esters is 3. The summed E-state index contributed by atoms with van der Waals surface area (Å²) < 4.78 is 27.8. The molecule has 5 atom stereocenters. The van der Waals surface area contributed by atoms with Crippen LogP contribution in [0.15, 0.2) is 29.4 Å². The van der Waals surface area contributed by atoms with Gasteiger partial charge in [-0.1, -0.05) is 25.1 Å². The van der Waals surface area contributed by atoms with E-state index in [2.05, 4.69) is 10.6 Å². The monoisotopic (exact) mass is 492 g/mol. The first kappa shape index (κ1) is 26.2. The average Bonchev–Trinajstić information content (AvgIpc) is 3.15. The number of hydrogen-bond acceptors (Lipinski definition) is 12. The van der Waals surface area contributed by atoms with Crippen molar-refractivity contribution in [3.8, 4) is 5.75 Å². The maximum atomic E-state index is 11.9. The molecule has 2 aliphatic heterocycles. The van der Waals surface area contributed by atoms with Gasteiger partial charge >= 0.3 is 17.9 Å². The van der Waals surface area contributed by atoms with Crippen LogP contribution < -0.4 is 10.3 Å². The van der Waals surface area contributed by atoms with E-state index in [0.717, 1.165) is 11.3 Å². The number of amidine groups is 1. The Morgan fingerprint density at radius 1 is 1.06 bits per heavy atom. The van der Waals surface area contributed by atoms with Crippen LogP contribution in [0.1, 0.15) is 33.3 Å². The lowest BCUT2D eigenvalue weighted by Gasteiger charge is -2.45. The number of nitrogens with zero attached hydrogens (tertiary/aromatic N) is 3. The molecule has 12 heteroatoms. The van der Waals surface area contributed by atoms with Crippen molar-refractivity contribution in [1.82, 2.24) is 15.7 Å². The molecule has 0 bridgehead atoms. The first-order chi connectivity index (χ1) is 16.6. The third-order valence-corrected chi connectivity index (χ3v) is 5.67. The molecule has 0 radical (unpaired) electrons. The fourth-order valence-electron chi connectivity index (χ4n) is 4.08. The molecule has 0 aromatic heterocycles. The predicted octanol–water partition coefficient (Wildman–Crippen LogP) is 1.01. The highest BCUT2D eigenvalue weighted by Crippen LogP contribution is 2.33. The molecule has 192 valence electrons. The van der Waals surface area contributed by atoms with Crippen LogP contribution in [0.25, 0.3) is 0 Å². The SMILES string of the molecule is COc1ccccc1CC1=NN(C2OC(COC(C)=O)C(OC(C)=O)C(OC(C)=O)C2C)NN1C. The molecule has 5 unspecified atom stereocenters. The molecule has 0 saturated carbocycles. The molecule has 3 rings (SSSR count). The van der Waals surface area contributed by atoms with Gasteiger partial charge in [0.1, 0.15) is 30.4 Å². The molecule has 0 amide bonds. The number of carbonyl (C=O) groups excluding carboxylic acids is 3. The van der Waals surface area contributed by atoms with Crippen LogP contribution in [0.5, 0.6) is 5.75 Å². The Morgan fingerprint density at radius 3 is 2.34 bits per heavy atom. The van der Waals surface area contributed by atoms with Gasteiger partial charge in [0.05, 0.1) is 7.11 Å². The van der Waals surface area contributed by atoms with Gasteiger partial charge < -0.3 is 23.7 Å². The summed E-state index contributed by atoms with van der Waals surface area (Å²) >= 11 is 0. The molecule has 1 saturated heterocycles. The van der Waals surface area contributed by atoms with Crippen LogP contribution in [0.2, 0.25) is 0 Å². The van der Waals surface area contributed by atoms with Crippen molar-refractivity contribution in [1.29, 1.82) is 0 Å². The number of hydrazine groups is 2. The van der Waals surface area contributed by atoms with Crippen molar-refractivity contribution < 1.29 is 38.1 Å². The predicted molar refractivity (Wildman–Crippen MR) is 122 cm³/mol. The first-order valence-corrected chi connectivity index (χ1v) is 11.2. The molecule has 0 spiro atoms. The molecule has 1 fully saturated rings. The van der Waals surface area contributed by atoms with Gasteiger partial charge in [-0.15, -0.1) is 10.6 Å². The third kappa shape index (κ3) is 6.40. The zero-order valence-corrected chi connectivity index (χ0v) is 20.7. The Balaban J connectivity index is 1.88. The largest absolute Gasteiger partial charge is 0.496 e. The fourth-order valence-corrected chi connectivity index (χ4v) is 4.08. The lowest BCUT2D eigenvalue weighted by Crippen LogP contribution is -2.62. The summed E-state index contributed by atoms with van der Waals surface area (Å²) in [6, 6.07) is 7.64. The molecule has 35 heavy (non-hydrogen) atoms. The average molecular weight is 493 g/mol. The Hall–Kier alpha value is -3.38. The van der Waals surface area contributed by atoms with Crippen LogP contribution in [0, 0.1) is 5.92 Å². The van der Waals surface area contributed by atoms with E-state index in [-0.39, 0.29) is 6.61 Å². The number of hydrogen-bond donors (Lipinski definition) is 1. The topological polar surface area (TPSA) is 128 Å². The maximum absolute atomic E-state index is 11.9. The summed E-state index contributed by atoms with van der Waals surface area (Å²) in [5.74, 6) is -0.696. The van der Waals surface area contributed by atoms with Gasteiger partial charge in [-0.3, -0.25) is 19.4 Å². The minimum atomic E-state index is -0.973. The van der Waals surface area contributed by atoms with Gasteiger partial charge in [-0.2, -0.15) is 5.12 Å². The van der Waals surface area contributed by atoms with Gasteiger partial charge in [0.2, 0.25) is 0 Å². The maximum Gasteiger partial charge on any atom is 0.303 e. The summed E-state index contributed by atoms with van der Waals surface area (Å²) in [6.45, 7) is 5.38. The van der Waals surface area contributed by atoms with Gasteiger partial charge in [0.25, 0.3) is 0 Å². The summed E-state index contributed by atoms with van der Waals surface area (Å²) in [5, 5.41) is 7.92. The number of ether oxygens (including phenoxy) is 5. The van der Waals surface area contributed by atoms with E-state index in [1.807, 2.05) is 31.3 Å². The van der Waals surface area contributed by atoms with Crippen LogP contribution >= 0.6 is 0 Å². The molecule has 1 aromatic carbocycles. The van der Waals surface area contributed by atoms with Crippen LogP contribution in [0.4, 0.5) is 0 Å². The molecular formula is C23H32N4O8. The van der Waals surface area contributed by atoms with E-state index >= 15 is 0 Å². The highest BCUT2D eigenvalue weighted by Gasteiger charge is 2.51.